The topological polar surface area (TPSA) is 72.2 Å². The fraction of sp³-hybridized carbons (Fsp3) is 0.143. The molecule has 0 atom stereocenters. The number of hydrogen-bond acceptors (Lipinski definition) is 3. The zero-order valence-corrected chi connectivity index (χ0v) is 15.4. The highest BCUT2D eigenvalue weighted by atomic mass is 79.9. The predicted molar refractivity (Wildman–Crippen MR) is 93.0 cm³/mol. The molecule has 0 fully saturated rings. The van der Waals surface area contributed by atoms with Crippen molar-refractivity contribution in [3.63, 3.8) is 0 Å². The molecule has 0 heterocycles. The van der Waals surface area contributed by atoms with Crippen molar-refractivity contribution in [2.75, 3.05) is 10.5 Å². The van der Waals surface area contributed by atoms with Crippen molar-refractivity contribution in [2.24, 2.45) is 0 Å². The third kappa shape index (κ3) is 3.41. The average Bonchev–Trinajstić information content (AvgIpc) is 2.37. The van der Waals surface area contributed by atoms with Crippen LogP contribution in [0.5, 0.6) is 0 Å². The first-order valence-corrected chi connectivity index (χ1v) is 9.13. The van der Waals surface area contributed by atoms with Crippen LogP contribution in [0.3, 0.4) is 0 Å². The summed E-state index contributed by atoms with van der Waals surface area (Å²) in [7, 11) is -3.75. The summed E-state index contributed by atoms with van der Waals surface area (Å²) in [6.45, 7) is 3.50. The molecule has 0 spiro atoms. The van der Waals surface area contributed by atoms with E-state index in [-0.39, 0.29) is 10.6 Å². The van der Waals surface area contributed by atoms with Crippen LogP contribution in [0.15, 0.2) is 44.2 Å². The lowest BCUT2D eigenvalue weighted by Crippen LogP contribution is -2.17. The molecule has 4 nitrogen and oxygen atoms in total. The van der Waals surface area contributed by atoms with E-state index in [2.05, 4.69) is 36.6 Å². The summed E-state index contributed by atoms with van der Waals surface area (Å²) in [4.78, 5) is 0.123. The number of hydrogen-bond donors (Lipinski definition) is 2. The third-order valence-corrected chi connectivity index (χ3v) is 5.77. The first kappa shape index (κ1) is 16.3. The highest BCUT2D eigenvalue weighted by Crippen LogP contribution is 2.31. The second kappa shape index (κ2) is 5.98. The van der Waals surface area contributed by atoms with Gasteiger partial charge in [-0.15, -0.1) is 0 Å². The SMILES string of the molecule is Cc1ccc(C)c(S(=O)(=O)Nc2ccc(Br)cc2Br)c1N. The summed E-state index contributed by atoms with van der Waals surface area (Å²) in [5.41, 5.74) is 8.02. The van der Waals surface area contributed by atoms with E-state index < -0.39 is 10.0 Å². The number of nitrogens with one attached hydrogen (secondary N) is 1. The Bertz CT molecular complexity index is 805. The number of anilines is 2. The minimum atomic E-state index is -3.75. The van der Waals surface area contributed by atoms with Gasteiger partial charge in [-0.3, -0.25) is 4.72 Å². The van der Waals surface area contributed by atoms with Gasteiger partial charge in [0.1, 0.15) is 4.90 Å². The summed E-state index contributed by atoms with van der Waals surface area (Å²) in [6, 6.07) is 8.75. The molecule has 2 aromatic carbocycles. The van der Waals surface area contributed by atoms with Crippen LogP contribution in [0.25, 0.3) is 0 Å². The Balaban J connectivity index is 2.51. The van der Waals surface area contributed by atoms with Crippen LogP contribution in [0.2, 0.25) is 0 Å². The van der Waals surface area contributed by atoms with Gasteiger partial charge in [0.05, 0.1) is 11.4 Å². The molecule has 0 radical (unpaired) electrons. The molecular formula is C14H14Br2N2O2S. The lowest BCUT2D eigenvalue weighted by Gasteiger charge is -2.15. The van der Waals surface area contributed by atoms with Crippen molar-refractivity contribution in [3.8, 4) is 0 Å². The summed E-state index contributed by atoms with van der Waals surface area (Å²) in [5.74, 6) is 0. The van der Waals surface area contributed by atoms with E-state index in [1.54, 1.807) is 44.2 Å². The van der Waals surface area contributed by atoms with Gasteiger partial charge in [0.25, 0.3) is 10.0 Å². The maximum absolute atomic E-state index is 12.6. The monoisotopic (exact) mass is 432 g/mol. The normalized spacial score (nSPS) is 11.4. The van der Waals surface area contributed by atoms with Gasteiger partial charge in [0.2, 0.25) is 0 Å². The van der Waals surface area contributed by atoms with E-state index in [1.165, 1.54) is 0 Å². The number of aryl methyl sites for hydroxylation is 2. The highest BCUT2D eigenvalue weighted by Gasteiger charge is 2.22. The summed E-state index contributed by atoms with van der Waals surface area (Å²) < 4.78 is 29.3. The van der Waals surface area contributed by atoms with Crippen molar-refractivity contribution in [2.45, 2.75) is 18.7 Å². The Morgan fingerprint density at radius 2 is 1.67 bits per heavy atom. The number of benzene rings is 2. The number of sulfonamides is 1. The Morgan fingerprint density at radius 3 is 2.29 bits per heavy atom. The summed E-state index contributed by atoms with van der Waals surface area (Å²) in [5, 5.41) is 0. The van der Waals surface area contributed by atoms with Crippen molar-refractivity contribution in [3.05, 3.63) is 50.4 Å². The standard InChI is InChI=1S/C14H14Br2N2O2S/c1-8-3-4-9(2)14(13(8)17)21(19,20)18-12-6-5-10(15)7-11(12)16/h3-7,18H,17H2,1-2H3. The summed E-state index contributed by atoms with van der Waals surface area (Å²) in [6.07, 6.45) is 0. The molecule has 2 aromatic rings. The van der Waals surface area contributed by atoms with Crippen LogP contribution in [0.4, 0.5) is 11.4 Å². The average molecular weight is 434 g/mol. The molecule has 0 aliphatic rings. The Kier molecular flexibility index (Phi) is 4.65. The molecule has 0 unspecified atom stereocenters. The van der Waals surface area contributed by atoms with Crippen molar-refractivity contribution < 1.29 is 8.42 Å². The number of nitrogens with two attached hydrogens (primary N) is 1. The number of halogens is 2. The molecule has 0 aliphatic carbocycles. The maximum atomic E-state index is 12.6. The lowest BCUT2D eigenvalue weighted by atomic mass is 10.1. The first-order valence-electron chi connectivity index (χ1n) is 6.06. The molecule has 0 amide bonds. The smallest absolute Gasteiger partial charge is 0.264 e. The van der Waals surface area contributed by atoms with Gasteiger partial charge in [-0.05, 0) is 59.1 Å². The van der Waals surface area contributed by atoms with Gasteiger partial charge in [0, 0.05) is 8.95 Å². The van der Waals surface area contributed by atoms with E-state index in [4.69, 9.17) is 5.73 Å². The molecule has 2 rings (SSSR count). The first-order chi connectivity index (χ1) is 9.72. The second-order valence-electron chi connectivity index (χ2n) is 4.67. The van der Waals surface area contributed by atoms with Crippen molar-refractivity contribution in [1.29, 1.82) is 0 Å². The van der Waals surface area contributed by atoms with Gasteiger partial charge < -0.3 is 5.73 Å². The van der Waals surface area contributed by atoms with Gasteiger partial charge >= 0.3 is 0 Å². The minimum Gasteiger partial charge on any atom is -0.397 e. The molecule has 0 aliphatic heterocycles. The van der Waals surface area contributed by atoms with Crippen LogP contribution in [0, 0.1) is 13.8 Å². The van der Waals surface area contributed by atoms with E-state index in [9.17, 15) is 8.42 Å². The van der Waals surface area contributed by atoms with Gasteiger partial charge in [-0.1, -0.05) is 28.1 Å². The molecule has 7 heteroatoms. The van der Waals surface area contributed by atoms with Crippen LogP contribution in [0.1, 0.15) is 11.1 Å². The third-order valence-electron chi connectivity index (χ3n) is 3.06. The van der Waals surface area contributed by atoms with Gasteiger partial charge in [-0.2, -0.15) is 0 Å². The van der Waals surface area contributed by atoms with Gasteiger partial charge in [0.15, 0.2) is 0 Å². The lowest BCUT2D eigenvalue weighted by molar-refractivity contribution is 0.601. The Hall–Kier alpha value is -1.05. The fourth-order valence-corrected chi connectivity index (χ4v) is 4.72. The van der Waals surface area contributed by atoms with E-state index in [1.807, 2.05) is 0 Å². The van der Waals surface area contributed by atoms with Crippen molar-refractivity contribution in [1.82, 2.24) is 0 Å². The molecule has 21 heavy (non-hydrogen) atoms. The molecule has 0 saturated carbocycles. The van der Waals surface area contributed by atoms with Crippen LogP contribution >= 0.6 is 31.9 Å². The molecule has 112 valence electrons. The molecule has 0 bridgehead atoms. The minimum absolute atomic E-state index is 0.123. The Morgan fingerprint density at radius 1 is 1.05 bits per heavy atom. The largest absolute Gasteiger partial charge is 0.397 e. The van der Waals surface area contributed by atoms with Gasteiger partial charge in [-0.25, -0.2) is 8.42 Å². The number of nitrogen functional groups attached to an aromatic ring is 1. The second-order valence-corrected chi connectivity index (χ2v) is 8.06. The van der Waals surface area contributed by atoms with E-state index in [0.29, 0.717) is 15.7 Å². The van der Waals surface area contributed by atoms with E-state index in [0.717, 1.165) is 10.0 Å². The molecule has 0 saturated heterocycles. The fourth-order valence-electron chi connectivity index (χ4n) is 1.93. The number of rotatable bonds is 3. The van der Waals surface area contributed by atoms with Crippen LogP contribution in [-0.2, 0) is 10.0 Å². The highest BCUT2D eigenvalue weighted by molar-refractivity contribution is 9.11. The summed E-state index contributed by atoms with van der Waals surface area (Å²) >= 11 is 6.66. The zero-order chi connectivity index (χ0) is 15.8. The maximum Gasteiger partial charge on any atom is 0.264 e. The van der Waals surface area contributed by atoms with Crippen LogP contribution < -0.4 is 10.5 Å². The zero-order valence-electron chi connectivity index (χ0n) is 11.4. The predicted octanol–water partition coefficient (Wildman–Crippen LogP) is 4.21. The van der Waals surface area contributed by atoms with Crippen molar-refractivity contribution >= 4 is 53.3 Å². The molecular weight excluding hydrogens is 420 g/mol. The molecule has 3 N–H and O–H groups in total. The van der Waals surface area contributed by atoms with Crippen LogP contribution in [-0.4, -0.2) is 8.42 Å². The molecule has 0 aromatic heterocycles. The Labute approximate surface area is 141 Å². The quantitative estimate of drug-likeness (QED) is 0.712. The van der Waals surface area contributed by atoms with E-state index >= 15 is 0 Å².